The fourth-order valence-corrected chi connectivity index (χ4v) is 1.43. The smallest absolute Gasteiger partial charge is 0.146 e. The van der Waals surface area contributed by atoms with Gasteiger partial charge in [-0.2, -0.15) is 0 Å². The van der Waals surface area contributed by atoms with Gasteiger partial charge in [-0.15, -0.1) is 0 Å². The molecule has 0 radical (unpaired) electrons. The average Bonchev–Trinajstić information content (AvgIpc) is 2.17. The second-order valence-electron chi connectivity index (χ2n) is 3.13. The summed E-state index contributed by atoms with van der Waals surface area (Å²) in [6, 6.07) is 0. The molecular formula is C8H16N2O. The Morgan fingerprint density at radius 3 is 3.27 bits per heavy atom. The molecule has 0 saturated carbocycles. The van der Waals surface area contributed by atoms with Gasteiger partial charge in [0.15, 0.2) is 0 Å². The van der Waals surface area contributed by atoms with Crippen LogP contribution in [0.4, 0.5) is 0 Å². The summed E-state index contributed by atoms with van der Waals surface area (Å²) in [4.78, 5) is 10.9. The molecule has 3 nitrogen and oxygen atoms in total. The first kappa shape index (κ1) is 8.68. The lowest BCUT2D eigenvalue weighted by Gasteiger charge is -2.11. The van der Waals surface area contributed by atoms with Crippen molar-refractivity contribution in [2.45, 2.75) is 12.8 Å². The molecule has 0 aromatic rings. The standard InChI is InChI=1S/C8H16N2O/c1-9-4-7-2-3-8(11)6-10-5-7/h7,9-10H,2-6H2,1H3/t7-/m1/s1. The quantitative estimate of drug-likeness (QED) is 0.580. The highest BCUT2D eigenvalue weighted by atomic mass is 16.1. The van der Waals surface area contributed by atoms with Gasteiger partial charge < -0.3 is 10.6 Å². The zero-order valence-electron chi connectivity index (χ0n) is 7.02. The average molecular weight is 156 g/mol. The molecular weight excluding hydrogens is 140 g/mol. The first-order valence-electron chi connectivity index (χ1n) is 4.20. The number of rotatable bonds is 2. The van der Waals surface area contributed by atoms with Gasteiger partial charge in [-0.1, -0.05) is 0 Å². The van der Waals surface area contributed by atoms with Crippen molar-refractivity contribution < 1.29 is 4.79 Å². The summed E-state index contributed by atoms with van der Waals surface area (Å²) in [5.74, 6) is 0.982. The van der Waals surface area contributed by atoms with Crippen LogP contribution in [0, 0.1) is 5.92 Å². The molecule has 0 bridgehead atoms. The molecule has 0 aromatic carbocycles. The molecule has 1 heterocycles. The molecule has 0 unspecified atom stereocenters. The van der Waals surface area contributed by atoms with Crippen LogP contribution in [0.15, 0.2) is 0 Å². The van der Waals surface area contributed by atoms with Gasteiger partial charge >= 0.3 is 0 Å². The maximum absolute atomic E-state index is 10.9. The van der Waals surface area contributed by atoms with Gasteiger partial charge in [-0.3, -0.25) is 4.79 Å². The van der Waals surface area contributed by atoms with Gasteiger partial charge in [-0.05, 0) is 32.5 Å². The van der Waals surface area contributed by atoms with Crippen molar-refractivity contribution in [1.29, 1.82) is 0 Å². The highest BCUT2D eigenvalue weighted by Gasteiger charge is 2.14. The van der Waals surface area contributed by atoms with E-state index in [4.69, 9.17) is 0 Å². The highest BCUT2D eigenvalue weighted by molar-refractivity contribution is 5.80. The van der Waals surface area contributed by atoms with E-state index in [1.54, 1.807) is 0 Å². The Morgan fingerprint density at radius 1 is 1.73 bits per heavy atom. The fourth-order valence-electron chi connectivity index (χ4n) is 1.43. The lowest BCUT2D eigenvalue weighted by Crippen LogP contribution is -2.28. The van der Waals surface area contributed by atoms with Crippen LogP contribution in [0.5, 0.6) is 0 Å². The van der Waals surface area contributed by atoms with Crippen molar-refractivity contribution in [1.82, 2.24) is 10.6 Å². The molecule has 1 aliphatic heterocycles. The van der Waals surface area contributed by atoms with Crippen LogP contribution in [-0.2, 0) is 4.79 Å². The number of carbonyl (C=O) groups excluding carboxylic acids is 1. The number of Topliss-reactive ketones (excluding diaryl/α,β-unsaturated/α-hetero) is 1. The topological polar surface area (TPSA) is 41.1 Å². The van der Waals surface area contributed by atoms with Gasteiger partial charge in [0, 0.05) is 6.42 Å². The summed E-state index contributed by atoms with van der Waals surface area (Å²) < 4.78 is 0. The van der Waals surface area contributed by atoms with Crippen molar-refractivity contribution in [2.24, 2.45) is 5.92 Å². The first-order valence-corrected chi connectivity index (χ1v) is 4.20. The van der Waals surface area contributed by atoms with E-state index in [1.807, 2.05) is 7.05 Å². The molecule has 0 aromatic heterocycles. The van der Waals surface area contributed by atoms with E-state index in [1.165, 1.54) is 0 Å². The Hall–Kier alpha value is -0.410. The molecule has 0 aliphatic carbocycles. The third-order valence-corrected chi connectivity index (χ3v) is 2.08. The fraction of sp³-hybridized carbons (Fsp3) is 0.875. The summed E-state index contributed by atoms with van der Waals surface area (Å²) in [5, 5.41) is 6.27. The molecule has 0 spiro atoms. The van der Waals surface area contributed by atoms with Crippen LogP contribution in [0.3, 0.4) is 0 Å². The van der Waals surface area contributed by atoms with E-state index >= 15 is 0 Å². The Balaban J connectivity index is 2.28. The zero-order chi connectivity index (χ0) is 8.10. The largest absolute Gasteiger partial charge is 0.319 e. The van der Waals surface area contributed by atoms with Gasteiger partial charge in [0.05, 0.1) is 6.54 Å². The summed E-state index contributed by atoms with van der Waals surface area (Å²) in [7, 11) is 1.95. The number of carbonyl (C=O) groups is 1. The molecule has 11 heavy (non-hydrogen) atoms. The van der Waals surface area contributed by atoms with Crippen molar-refractivity contribution in [3.63, 3.8) is 0 Å². The summed E-state index contributed by atoms with van der Waals surface area (Å²) >= 11 is 0. The normalized spacial score (nSPS) is 26.6. The Morgan fingerprint density at radius 2 is 2.55 bits per heavy atom. The molecule has 64 valence electrons. The zero-order valence-corrected chi connectivity index (χ0v) is 7.02. The van der Waals surface area contributed by atoms with Crippen molar-refractivity contribution in [3.05, 3.63) is 0 Å². The number of hydrogen-bond acceptors (Lipinski definition) is 3. The Bertz CT molecular complexity index is 136. The first-order chi connectivity index (χ1) is 5.33. The van der Waals surface area contributed by atoms with Crippen LogP contribution in [0.25, 0.3) is 0 Å². The maximum atomic E-state index is 10.9. The van der Waals surface area contributed by atoms with Crippen molar-refractivity contribution in [3.8, 4) is 0 Å². The third-order valence-electron chi connectivity index (χ3n) is 2.08. The van der Waals surface area contributed by atoms with Crippen LogP contribution in [0.2, 0.25) is 0 Å². The second-order valence-corrected chi connectivity index (χ2v) is 3.13. The van der Waals surface area contributed by atoms with E-state index in [2.05, 4.69) is 10.6 Å². The predicted molar refractivity (Wildman–Crippen MR) is 44.5 cm³/mol. The number of nitrogens with one attached hydrogen (secondary N) is 2. The molecule has 1 saturated heterocycles. The third kappa shape index (κ3) is 2.99. The molecule has 0 amide bonds. The summed E-state index contributed by atoms with van der Waals surface area (Å²) in [5.41, 5.74) is 0. The van der Waals surface area contributed by atoms with E-state index < -0.39 is 0 Å². The molecule has 2 N–H and O–H groups in total. The molecule has 1 rings (SSSR count). The molecule has 3 heteroatoms. The van der Waals surface area contributed by atoms with Gasteiger partial charge in [0.25, 0.3) is 0 Å². The molecule has 1 aliphatic rings. The van der Waals surface area contributed by atoms with E-state index in [9.17, 15) is 4.79 Å². The Labute approximate surface area is 67.5 Å². The van der Waals surface area contributed by atoms with Crippen LogP contribution in [0.1, 0.15) is 12.8 Å². The molecule has 1 fully saturated rings. The SMILES string of the molecule is CNC[C@H]1CCC(=O)CNC1. The summed E-state index contributed by atoms with van der Waals surface area (Å²) in [6.45, 7) is 2.56. The lowest BCUT2D eigenvalue weighted by molar-refractivity contribution is -0.118. The van der Waals surface area contributed by atoms with Gasteiger partial charge in [0.2, 0.25) is 0 Å². The predicted octanol–water partition coefficient (Wildman–Crippen LogP) is -0.225. The van der Waals surface area contributed by atoms with Crippen LogP contribution < -0.4 is 10.6 Å². The van der Waals surface area contributed by atoms with E-state index in [0.717, 1.165) is 25.9 Å². The number of ketones is 1. The van der Waals surface area contributed by atoms with Crippen LogP contribution >= 0.6 is 0 Å². The highest BCUT2D eigenvalue weighted by Crippen LogP contribution is 2.07. The van der Waals surface area contributed by atoms with Crippen molar-refractivity contribution in [2.75, 3.05) is 26.7 Å². The molecule has 1 atom stereocenters. The minimum atomic E-state index is 0.351. The van der Waals surface area contributed by atoms with E-state index in [-0.39, 0.29) is 0 Å². The van der Waals surface area contributed by atoms with Gasteiger partial charge in [-0.25, -0.2) is 0 Å². The maximum Gasteiger partial charge on any atom is 0.146 e. The number of hydrogen-bond donors (Lipinski definition) is 2. The van der Waals surface area contributed by atoms with Crippen molar-refractivity contribution >= 4 is 5.78 Å². The van der Waals surface area contributed by atoms with Crippen LogP contribution in [-0.4, -0.2) is 32.5 Å². The Kier molecular flexibility index (Phi) is 3.52. The monoisotopic (exact) mass is 156 g/mol. The second kappa shape index (κ2) is 4.46. The van der Waals surface area contributed by atoms with E-state index in [0.29, 0.717) is 18.2 Å². The minimum absolute atomic E-state index is 0.351. The van der Waals surface area contributed by atoms with Gasteiger partial charge in [0.1, 0.15) is 5.78 Å². The lowest BCUT2D eigenvalue weighted by atomic mass is 10.0. The minimum Gasteiger partial charge on any atom is -0.319 e. The summed E-state index contributed by atoms with van der Waals surface area (Å²) in [6.07, 6.45) is 1.78.